The van der Waals surface area contributed by atoms with Gasteiger partial charge in [-0.1, -0.05) is 6.07 Å². The molecule has 0 unspecified atom stereocenters. The average molecular weight is 523 g/mol. The highest BCUT2D eigenvalue weighted by Gasteiger charge is 2.28. The quantitative estimate of drug-likeness (QED) is 0.397. The number of rotatable bonds is 10. The molecule has 38 heavy (non-hydrogen) atoms. The highest BCUT2D eigenvalue weighted by molar-refractivity contribution is 5.79. The van der Waals surface area contributed by atoms with Crippen molar-refractivity contribution < 1.29 is 19.4 Å². The average Bonchev–Trinajstić information content (AvgIpc) is 3.76. The van der Waals surface area contributed by atoms with Crippen molar-refractivity contribution in [3.8, 4) is 0 Å². The number of nitrogens with one attached hydrogen (secondary N) is 2. The third-order valence-electron chi connectivity index (χ3n) is 7.82. The standard InChI is InChI=1S/C28H38N6O4/c1-17-25(30-15-22(28(36)37)14-24(35)38-16-19-5-6-19)31-18(2)32-27(17)34-12-9-20(10-13-34)23-8-7-21-4-3-11-29-26(21)33-23/h7-8,19-20,22H,3-6,9-16H2,1-2H3,(H,29,33)(H,36,37)(H,30,31,32)/t22-/m0/s1. The maximum absolute atomic E-state index is 12.1. The van der Waals surface area contributed by atoms with E-state index in [9.17, 15) is 14.7 Å². The summed E-state index contributed by atoms with van der Waals surface area (Å²) in [6.45, 7) is 6.99. The van der Waals surface area contributed by atoms with Crippen molar-refractivity contribution in [3.05, 3.63) is 34.8 Å². The monoisotopic (exact) mass is 522 g/mol. The van der Waals surface area contributed by atoms with E-state index < -0.39 is 17.9 Å². The van der Waals surface area contributed by atoms with Gasteiger partial charge < -0.3 is 25.4 Å². The van der Waals surface area contributed by atoms with Crippen LogP contribution in [0.4, 0.5) is 17.5 Å². The second-order valence-corrected chi connectivity index (χ2v) is 10.9. The van der Waals surface area contributed by atoms with Gasteiger partial charge in [-0.2, -0.15) is 0 Å². The Kier molecular flexibility index (Phi) is 7.95. The second-order valence-electron chi connectivity index (χ2n) is 10.9. The van der Waals surface area contributed by atoms with Crippen LogP contribution >= 0.6 is 0 Å². The lowest BCUT2D eigenvalue weighted by Gasteiger charge is -2.34. The Morgan fingerprint density at radius 3 is 2.68 bits per heavy atom. The third kappa shape index (κ3) is 6.34. The number of carbonyl (C=O) groups excluding carboxylic acids is 1. The fraction of sp³-hybridized carbons (Fsp3) is 0.607. The number of fused-ring (bicyclic) bond motifs is 1. The summed E-state index contributed by atoms with van der Waals surface area (Å²) in [5.74, 6) is 1.61. The molecule has 3 N–H and O–H groups in total. The molecule has 204 valence electrons. The lowest BCUT2D eigenvalue weighted by atomic mass is 9.92. The first kappa shape index (κ1) is 26.2. The maximum atomic E-state index is 12.1. The number of aromatic nitrogens is 3. The Bertz CT molecular complexity index is 1180. The Labute approximate surface area is 223 Å². The Morgan fingerprint density at radius 2 is 1.95 bits per heavy atom. The number of hydrogen-bond acceptors (Lipinski definition) is 9. The molecule has 1 aliphatic carbocycles. The molecule has 2 aromatic rings. The molecule has 1 saturated carbocycles. The number of piperidine rings is 1. The zero-order chi connectivity index (χ0) is 26.6. The third-order valence-corrected chi connectivity index (χ3v) is 7.82. The van der Waals surface area contributed by atoms with Crippen LogP contribution < -0.4 is 15.5 Å². The highest BCUT2D eigenvalue weighted by Crippen LogP contribution is 2.33. The van der Waals surface area contributed by atoms with Crippen LogP contribution in [0.1, 0.15) is 67.1 Å². The minimum absolute atomic E-state index is 0.0880. The summed E-state index contributed by atoms with van der Waals surface area (Å²) in [4.78, 5) is 40.4. The summed E-state index contributed by atoms with van der Waals surface area (Å²) in [6, 6.07) is 4.41. The Balaban J connectivity index is 1.20. The van der Waals surface area contributed by atoms with E-state index in [0.717, 1.165) is 81.1 Å². The van der Waals surface area contributed by atoms with Crippen LogP contribution in [0.5, 0.6) is 0 Å². The summed E-state index contributed by atoms with van der Waals surface area (Å²) in [5, 5.41) is 16.3. The molecule has 0 bridgehead atoms. The van der Waals surface area contributed by atoms with E-state index in [1.807, 2.05) is 13.8 Å². The first-order valence-corrected chi connectivity index (χ1v) is 13.8. The summed E-state index contributed by atoms with van der Waals surface area (Å²) in [6.07, 6.45) is 6.21. The molecule has 0 aromatic carbocycles. The fourth-order valence-electron chi connectivity index (χ4n) is 5.27. The lowest BCUT2D eigenvalue weighted by Crippen LogP contribution is -2.35. The maximum Gasteiger partial charge on any atom is 0.308 e. The van der Waals surface area contributed by atoms with Crippen molar-refractivity contribution in [2.24, 2.45) is 11.8 Å². The topological polar surface area (TPSA) is 130 Å². The van der Waals surface area contributed by atoms with Gasteiger partial charge in [0, 0.05) is 43.4 Å². The molecule has 2 aromatic heterocycles. The SMILES string of the molecule is Cc1nc(NC[C@H](CC(=O)OCC2CC2)C(=O)O)c(C)c(N2CCC(c3ccc4c(n3)NCCC4)CC2)n1. The van der Waals surface area contributed by atoms with Crippen molar-refractivity contribution >= 4 is 29.4 Å². The van der Waals surface area contributed by atoms with Crippen LogP contribution in [0.15, 0.2) is 12.1 Å². The molecular weight excluding hydrogens is 484 g/mol. The number of anilines is 3. The number of carboxylic acid groups (broad SMARTS) is 1. The van der Waals surface area contributed by atoms with Crippen molar-refractivity contribution in [1.82, 2.24) is 15.0 Å². The van der Waals surface area contributed by atoms with E-state index in [0.29, 0.717) is 30.1 Å². The van der Waals surface area contributed by atoms with E-state index in [1.165, 1.54) is 5.56 Å². The number of nitrogens with zero attached hydrogens (tertiary/aromatic N) is 4. The molecule has 2 fully saturated rings. The van der Waals surface area contributed by atoms with Gasteiger partial charge >= 0.3 is 11.9 Å². The molecule has 0 radical (unpaired) electrons. The van der Waals surface area contributed by atoms with Crippen molar-refractivity contribution in [3.63, 3.8) is 0 Å². The first-order valence-electron chi connectivity index (χ1n) is 13.8. The highest BCUT2D eigenvalue weighted by atomic mass is 16.5. The van der Waals surface area contributed by atoms with Gasteiger partial charge in [0.2, 0.25) is 0 Å². The molecular formula is C28H38N6O4. The van der Waals surface area contributed by atoms with E-state index in [1.54, 1.807) is 0 Å². The Hall–Kier alpha value is -3.43. The van der Waals surface area contributed by atoms with Crippen LogP contribution in [-0.4, -0.2) is 64.8 Å². The van der Waals surface area contributed by atoms with E-state index in [2.05, 4.69) is 32.7 Å². The van der Waals surface area contributed by atoms with Crippen LogP contribution in [-0.2, 0) is 20.7 Å². The molecule has 4 heterocycles. The number of carbonyl (C=O) groups is 2. The zero-order valence-electron chi connectivity index (χ0n) is 22.3. The zero-order valence-corrected chi connectivity index (χ0v) is 22.3. The first-order chi connectivity index (χ1) is 18.4. The fourth-order valence-corrected chi connectivity index (χ4v) is 5.27. The van der Waals surface area contributed by atoms with E-state index in [4.69, 9.17) is 14.7 Å². The minimum Gasteiger partial charge on any atom is -0.481 e. The van der Waals surface area contributed by atoms with Crippen molar-refractivity contribution in [1.29, 1.82) is 0 Å². The van der Waals surface area contributed by atoms with Gasteiger partial charge in [0.1, 0.15) is 23.3 Å². The summed E-state index contributed by atoms with van der Waals surface area (Å²) in [7, 11) is 0. The number of carboxylic acids is 1. The molecule has 10 nitrogen and oxygen atoms in total. The molecule has 1 saturated heterocycles. The van der Waals surface area contributed by atoms with Gasteiger partial charge in [0.15, 0.2) is 0 Å². The van der Waals surface area contributed by atoms with Crippen molar-refractivity contribution in [2.75, 3.05) is 48.3 Å². The summed E-state index contributed by atoms with van der Waals surface area (Å²) < 4.78 is 5.24. The predicted molar refractivity (Wildman–Crippen MR) is 145 cm³/mol. The molecule has 1 atom stereocenters. The van der Waals surface area contributed by atoms with Gasteiger partial charge in [-0.25, -0.2) is 15.0 Å². The number of hydrogen-bond donors (Lipinski definition) is 3. The number of aliphatic carboxylic acids is 1. The number of aryl methyl sites for hydroxylation is 2. The van der Waals surface area contributed by atoms with Crippen molar-refractivity contribution in [2.45, 2.75) is 64.7 Å². The summed E-state index contributed by atoms with van der Waals surface area (Å²) in [5.41, 5.74) is 3.35. The number of pyridine rings is 1. The molecule has 2 aliphatic heterocycles. The van der Waals surface area contributed by atoms with Gasteiger partial charge in [-0.3, -0.25) is 9.59 Å². The lowest BCUT2D eigenvalue weighted by molar-refractivity contribution is -0.151. The van der Waals surface area contributed by atoms with Gasteiger partial charge in [-0.15, -0.1) is 0 Å². The van der Waals surface area contributed by atoms with E-state index >= 15 is 0 Å². The second kappa shape index (κ2) is 11.5. The molecule has 10 heteroatoms. The number of ether oxygens (including phenoxy) is 1. The Morgan fingerprint density at radius 1 is 1.16 bits per heavy atom. The van der Waals surface area contributed by atoms with Crippen LogP contribution in [0, 0.1) is 25.7 Å². The van der Waals surface area contributed by atoms with Crippen LogP contribution in [0.3, 0.4) is 0 Å². The minimum atomic E-state index is -1.03. The molecule has 0 spiro atoms. The normalized spacial score (nSPS) is 18.3. The molecule has 0 amide bonds. The van der Waals surface area contributed by atoms with Gasteiger partial charge in [0.25, 0.3) is 0 Å². The summed E-state index contributed by atoms with van der Waals surface area (Å²) >= 11 is 0. The van der Waals surface area contributed by atoms with Crippen LogP contribution in [0.2, 0.25) is 0 Å². The number of esters is 1. The predicted octanol–water partition coefficient (Wildman–Crippen LogP) is 3.69. The largest absolute Gasteiger partial charge is 0.481 e. The van der Waals surface area contributed by atoms with Crippen LogP contribution in [0.25, 0.3) is 0 Å². The molecule has 5 rings (SSSR count). The van der Waals surface area contributed by atoms with E-state index in [-0.39, 0.29) is 13.0 Å². The van der Waals surface area contributed by atoms with Gasteiger partial charge in [-0.05, 0) is 69.9 Å². The van der Waals surface area contributed by atoms with Gasteiger partial charge in [0.05, 0.1) is 18.9 Å². The smallest absolute Gasteiger partial charge is 0.308 e. The molecule has 3 aliphatic rings.